The van der Waals surface area contributed by atoms with Gasteiger partial charge in [0.25, 0.3) is 11.1 Å². The van der Waals surface area contributed by atoms with Crippen molar-refractivity contribution in [2.75, 3.05) is 20.8 Å². The van der Waals surface area contributed by atoms with Crippen LogP contribution < -0.4 is 9.47 Å². The number of hydrogen-bond donors (Lipinski definition) is 0. The van der Waals surface area contributed by atoms with Gasteiger partial charge in [0.2, 0.25) is 0 Å². The Hall–Kier alpha value is -3.30. The zero-order valence-electron chi connectivity index (χ0n) is 18.4. The minimum atomic E-state index is -0.526. The maximum Gasteiger partial charge on any atom is 0.343 e. The Kier molecular flexibility index (Phi) is 7.23. The maximum atomic E-state index is 13.1. The predicted molar refractivity (Wildman–Crippen MR) is 134 cm³/mol. The van der Waals surface area contributed by atoms with E-state index in [9.17, 15) is 14.4 Å². The summed E-state index contributed by atoms with van der Waals surface area (Å²) in [6.45, 7) is -0.0835. The standard InChI is InChI=1S/C25H20BrNO6S/c1-31-20-10-17(19(26)12-21(20)33-14-23(28)32-2)11-22-24(29)27(25(30)34-22)13-16-8-5-7-15-6-3-4-9-18(15)16/h3-12H,13-14H2,1-2H3/b22-11+. The van der Waals surface area contributed by atoms with Crippen LogP contribution in [-0.4, -0.2) is 42.8 Å². The lowest BCUT2D eigenvalue weighted by Crippen LogP contribution is -2.27. The zero-order valence-corrected chi connectivity index (χ0v) is 20.8. The van der Waals surface area contributed by atoms with Crippen LogP contribution in [0.4, 0.5) is 4.79 Å². The molecule has 7 nitrogen and oxygen atoms in total. The van der Waals surface area contributed by atoms with E-state index in [0.29, 0.717) is 26.4 Å². The van der Waals surface area contributed by atoms with Crippen molar-refractivity contribution in [1.29, 1.82) is 0 Å². The molecule has 0 bridgehead atoms. The first kappa shape index (κ1) is 23.8. The summed E-state index contributed by atoms with van der Waals surface area (Å²) in [7, 11) is 2.74. The summed E-state index contributed by atoms with van der Waals surface area (Å²) in [5.41, 5.74) is 1.52. The third-order valence-electron chi connectivity index (χ3n) is 5.22. The Bertz CT molecular complexity index is 1320. The van der Waals surface area contributed by atoms with Crippen LogP contribution in [0.25, 0.3) is 16.8 Å². The molecule has 9 heteroatoms. The van der Waals surface area contributed by atoms with E-state index in [-0.39, 0.29) is 24.3 Å². The number of thioether (sulfide) groups is 1. The number of carbonyl (C=O) groups is 3. The second kappa shape index (κ2) is 10.3. The van der Waals surface area contributed by atoms with Crippen molar-refractivity contribution in [3.8, 4) is 11.5 Å². The molecule has 0 aliphatic carbocycles. The topological polar surface area (TPSA) is 82.1 Å². The summed E-state index contributed by atoms with van der Waals surface area (Å²) >= 11 is 4.35. The van der Waals surface area contributed by atoms with Crippen LogP contribution >= 0.6 is 27.7 Å². The molecule has 34 heavy (non-hydrogen) atoms. The smallest absolute Gasteiger partial charge is 0.343 e. The summed E-state index contributed by atoms with van der Waals surface area (Å²) in [5.74, 6) is -0.184. The fourth-order valence-electron chi connectivity index (χ4n) is 3.51. The van der Waals surface area contributed by atoms with Gasteiger partial charge in [-0.3, -0.25) is 14.5 Å². The van der Waals surface area contributed by atoms with Crippen molar-refractivity contribution in [3.63, 3.8) is 0 Å². The molecule has 0 saturated carbocycles. The average molecular weight is 542 g/mol. The SMILES string of the molecule is COC(=O)COc1cc(Br)c(/C=C2/SC(=O)N(Cc3cccc4ccccc34)C2=O)cc1OC. The van der Waals surface area contributed by atoms with Gasteiger partial charge < -0.3 is 14.2 Å². The highest BCUT2D eigenvalue weighted by Crippen LogP contribution is 2.38. The fraction of sp³-hybridized carbons (Fsp3) is 0.160. The third-order valence-corrected chi connectivity index (χ3v) is 6.82. The lowest BCUT2D eigenvalue weighted by Gasteiger charge is -2.14. The van der Waals surface area contributed by atoms with Gasteiger partial charge in [0, 0.05) is 4.47 Å². The second-order valence-corrected chi connectivity index (χ2v) is 9.14. The lowest BCUT2D eigenvalue weighted by molar-refractivity contribution is -0.142. The summed E-state index contributed by atoms with van der Waals surface area (Å²) in [6, 6.07) is 17.0. The minimum Gasteiger partial charge on any atom is -0.493 e. The number of imide groups is 1. The summed E-state index contributed by atoms with van der Waals surface area (Å²) < 4.78 is 16.0. The molecule has 1 fully saturated rings. The number of nitrogens with zero attached hydrogens (tertiary/aromatic N) is 1. The molecule has 1 heterocycles. The summed E-state index contributed by atoms with van der Waals surface area (Å²) in [5, 5.41) is 1.72. The van der Waals surface area contributed by atoms with Gasteiger partial charge >= 0.3 is 5.97 Å². The Labute approximate surface area is 208 Å². The quantitative estimate of drug-likeness (QED) is 0.292. The van der Waals surface area contributed by atoms with Crippen molar-refractivity contribution in [2.45, 2.75) is 6.54 Å². The van der Waals surface area contributed by atoms with Crippen LogP contribution in [0, 0.1) is 0 Å². The molecule has 0 radical (unpaired) electrons. The Morgan fingerprint density at radius 3 is 2.59 bits per heavy atom. The number of esters is 1. The van der Waals surface area contributed by atoms with Crippen LogP contribution in [0.5, 0.6) is 11.5 Å². The first-order chi connectivity index (χ1) is 16.4. The number of rotatable bonds is 7. The number of methoxy groups -OCH3 is 2. The largest absolute Gasteiger partial charge is 0.493 e. The molecule has 0 N–H and O–H groups in total. The highest BCUT2D eigenvalue weighted by atomic mass is 79.9. The molecule has 0 atom stereocenters. The van der Waals surface area contributed by atoms with E-state index < -0.39 is 5.97 Å². The number of benzene rings is 3. The van der Waals surface area contributed by atoms with Crippen molar-refractivity contribution in [3.05, 3.63) is 75.1 Å². The Morgan fingerprint density at radius 1 is 1.06 bits per heavy atom. The molecule has 0 unspecified atom stereocenters. The predicted octanol–water partition coefficient (Wildman–Crippen LogP) is 5.40. The van der Waals surface area contributed by atoms with E-state index in [2.05, 4.69) is 20.7 Å². The van der Waals surface area contributed by atoms with Gasteiger partial charge in [0.05, 0.1) is 25.7 Å². The van der Waals surface area contributed by atoms with Gasteiger partial charge in [0.1, 0.15) is 0 Å². The number of ether oxygens (including phenoxy) is 3. The molecule has 4 rings (SSSR count). The second-order valence-electron chi connectivity index (χ2n) is 7.30. The molecule has 0 spiro atoms. The molecule has 1 aliphatic heterocycles. The van der Waals surface area contributed by atoms with Crippen LogP contribution in [0.15, 0.2) is 64.0 Å². The molecule has 1 aliphatic rings. The minimum absolute atomic E-state index is 0.189. The molecule has 1 saturated heterocycles. The van der Waals surface area contributed by atoms with E-state index in [0.717, 1.165) is 28.1 Å². The maximum absolute atomic E-state index is 13.1. The van der Waals surface area contributed by atoms with E-state index >= 15 is 0 Å². The van der Waals surface area contributed by atoms with Crippen LogP contribution in [0.1, 0.15) is 11.1 Å². The van der Waals surface area contributed by atoms with Crippen LogP contribution in [-0.2, 0) is 20.9 Å². The van der Waals surface area contributed by atoms with Crippen LogP contribution in [0.3, 0.4) is 0 Å². The van der Waals surface area contributed by atoms with Crippen LogP contribution in [0.2, 0.25) is 0 Å². The first-order valence-electron chi connectivity index (χ1n) is 10.2. The normalized spacial score (nSPS) is 14.7. The van der Waals surface area contributed by atoms with E-state index in [4.69, 9.17) is 9.47 Å². The van der Waals surface area contributed by atoms with E-state index in [1.807, 2.05) is 42.5 Å². The van der Waals surface area contributed by atoms with E-state index in [1.54, 1.807) is 18.2 Å². The highest BCUT2D eigenvalue weighted by molar-refractivity contribution is 9.10. The summed E-state index contributed by atoms with van der Waals surface area (Å²) in [4.78, 5) is 38.7. The number of carbonyl (C=O) groups excluding carboxylic acids is 3. The van der Waals surface area contributed by atoms with Crippen molar-refractivity contribution < 1.29 is 28.6 Å². The van der Waals surface area contributed by atoms with Gasteiger partial charge in [-0.15, -0.1) is 0 Å². The molecule has 174 valence electrons. The van der Waals surface area contributed by atoms with Gasteiger partial charge in [0.15, 0.2) is 18.1 Å². The molecule has 2 amide bonds. The Morgan fingerprint density at radius 2 is 1.82 bits per heavy atom. The number of fused-ring (bicyclic) bond motifs is 1. The molecule has 3 aromatic rings. The molecule has 3 aromatic carbocycles. The lowest BCUT2D eigenvalue weighted by atomic mass is 10.0. The Balaban J connectivity index is 1.58. The van der Waals surface area contributed by atoms with Crippen molar-refractivity contribution in [2.24, 2.45) is 0 Å². The highest BCUT2D eigenvalue weighted by Gasteiger charge is 2.35. The van der Waals surface area contributed by atoms with Gasteiger partial charge in [-0.1, -0.05) is 58.4 Å². The third kappa shape index (κ3) is 4.95. The summed E-state index contributed by atoms with van der Waals surface area (Å²) in [6.07, 6.45) is 1.63. The number of amides is 2. The van der Waals surface area contributed by atoms with Gasteiger partial charge in [-0.25, -0.2) is 4.79 Å². The average Bonchev–Trinajstić information content (AvgIpc) is 3.11. The molecular weight excluding hydrogens is 522 g/mol. The van der Waals surface area contributed by atoms with Crippen molar-refractivity contribution >= 4 is 61.7 Å². The molecular formula is C25H20BrNO6S. The fourth-order valence-corrected chi connectivity index (χ4v) is 4.77. The zero-order chi connectivity index (χ0) is 24.2. The monoisotopic (exact) mass is 541 g/mol. The first-order valence-corrected chi connectivity index (χ1v) is 11.8. The number of halogens is 1. The van der Waals surface area contributed by atoms with Gasteiger partial charge in [-0.2, -0.15) is 0 Å². The molecule has 0 aromatic heterocycles. The van der Waals surface area contributed by atoms with Crippen molar-refractivity contribution in [1.82, 2.24) is 4.90 Å². The number of hydrogen-bond acceptors (Lipinski definition) is 7. The van der Waals surface area contributed by atoms with E-state index in [1.165, 1.54) is 19.1 Å². The van der Waals surface area contributed by atoms with Gasteiger partial charge in [-0.05, 0) is 51.9 Å².